The molecule has 1 N–H and O–H groups in total. The fraction of sp³-hybridized carbons (Fsp3) is 0.560. The summed E-state index contributed by atoms with van der Waals surface area (Å²) in [7, 11) is 3.23. The van der Waals surface area contributed by atoms with E-state index in [0.717, 1.165) is 23.6 Å². The number of hydrogen-bond acceptors (Lipinski definition) is 3. The lowest BCUT2D eigenvalue weighted by Gasteiger charge is -2.15. The second-order valence-electron chi connectivity index (χ2n) is 7.64. The molecule has 2 aromatic rings. The van der Waals surface area contributed by atoms with Gasteiger partial charge >= 0.3 is 0 Å². The molecule has 4 nitrogen and oxygen atoms in total. The minimum absolute atomic E-state index is 0.109. The van der Waals surface area contributed by atoms with E-state index >= 15 is 0 Å². The summed E-state index contributed by atoms with van der Waals surface area (Å²) in [6.45, 7) is 2.94. The Hall–Kier alpha value is -2.23. The monoisotopic (exact) mass is 399 g/mol. The van der Waals surface area contributed by atoms with Crippen LogP contribution in [0.2, 0.25) is 0 Å². The van der Waals surface area contributed by atoms with Crippen molar-refractivity contribution in [2.24, 2.45) is 0 Å². The molecule has 0 bridgehead atoms. The second kappa shape index (κ2) is 13.1. The van der Waals surface area contributed by atoms with Crippen molar-refractivity contribution in [3.8, 4) is 11.5 Å². The molecule has 4 heteroatoms. The lowest BCUT2D eigenvalue weighted by molar-refractivity contribution is 0.0950. The number of rotatable bonds is 14. The number of amides is 1. The first-order valence-corrected chi connectivity index (χ1v) is 11.1. The molecule has 0 aromatic heterocycles. The Balaban J connectivity index is 1.79. The number of ether oxygens (including phenoxy) is 2. The van der Waals surface area contributed by atoms with Crippen LogP contribution in [0.1, 0.15) is 81.5 Å². The average molecular weight is 400 g/mol. The largest absolute Gasteiger partial charge is 0.496 e. The molecule has 1 amide bonds. The summed E-state index contributed by atoms with van der Waals surface area (Å²) in [6.07, 6.45) is 12.8. The fourth-order valence-electron chi connectivity index (χ4n) is 3.78. The summed E-state index contributed by atoms with van der Waals surface area (Å²) in [5, 5.41) is 4.87. The predicted molar refractivity (Wildman–Crippen MR) is 121 cm³/mol. The normalized spacial score (nSPS) is 10.9. The number of carbonyl (C=O) groups excluding carboxylic acids is 1. The van der Waals surface area contributed by atoms with Gasteiger partial charge in [0.2, 0.25) is 0 Å². The standard InChI is InChI=1S/C25H37NO3/c1-4-5-6-7-8-9-10-11-12-15-18-26-25(27)22-19-23(28-2)20-16-13-14-17-21(20)24(22)29-3/h13-14,16-17,19H,4-12,15,18H2,1-3H3,(H,26,27). The van der Waals surface area contributed by atoms with E-state index in [0.29, 0.717) is 23.6 Å². The highest BCUT2D eigenvalue weighted by Gasteiger charge is 2.18. The zero-order valence-electron chi connectivity index (χ0n) is 18.4. The van der Waals surface area contributed by atoms with Crippen LogP contribution in [0.3, 0.4) is 0 Å². The molecule has 0 atom stereocenters. The van der Waals surface area contributed by atoms with Gasteiger partial charge in [-0.1, -0.05) is 89.0 Å². The quantitative estimate of drug-likeness (QED) is 0.368. The molecule has 0 spiro atoms. The molecule has 0 unspecified atom stereocenters. The van der Waals surface area contributed by atoms with Crippen molar-refractivity contribution in [1.29, 1.82) is 0 Å². The third kappa shape index (κ3) is 6.95. The maximum Gasteiger partial charge on any atom is 0.255 e. The lowest BCUT2D eigenvalue weighted by Crippen LogP contribution is -2.25. The molecule has 0 radical (unpaired) electrons. The number of benzene rings is 2. The molecule has 160 valence electrons. The van der Waals surface area contributed by atoms with Gasteiger partial charge in [-0.2, -0.15) is 0 Å². The SMILES string of the molecule is CCCCCCCCCCCCNC(=O)c1cc(OC)c2ccccc2c1OC. The molecule has 0 saturated heterocycles. The summed E-state index contributed by atoms with van der Waals surface area (Å²) in [5.41, 5.74) is 0.523. The van der Waals surface area contributed by atoms with Gasteiger partial charge in [-0.25, -0.2) is 0 Å². The zero-order valence-corrected chi connectivity index (χ0v) is 18.4. The first-order chi connectivity index (χ1) is 14.2. The van der Waals surface area contributed by atoms with E-state index < -0.39 is 0 Å². The van der Waals surface area contributed by atoms with Crippen LogP contribution in [0.4, 0.5) is 0 Å². The summed E-state index contributed by atoms with van der Waals surface area (Å²) in [6, 6.07) is 9.60. The van der Waals surface area contributed by atoms with E-state index in [1.54, 1.807) is 20.3 Å². The Morgan fingerprint density at radius 1 is 0.828 bits per heavy atom. The van der Waals surface area contributed by atoms with Gasteiger partial charge < -0.3 is 14.8 Å². The smallest absolute Gasteiger partial charge is 0.255 e. The number of nitrogens with one attached hydrogen (secondary N) is 1. The van der Waals surface area contributed by atoms with Crippen molar-refractivity contribution in [1.82, 2.24) is 5.32 Å². The van der Waals surface area contributed by atoms with Crippen LogP contribution in [-0.2, 0) is 0 Å². The number of carbonyl (C=O) groups is 1. The minimum atomic E-state index is -0.109. The van der Waals surface area contributed by atoms with Gasteiger partial charge in [0.25, 0.3) is 5.91 Å². The topological polar surface area (TPSA) is 47.6 Å². The molecular weight excluding hydrogens is 362 g/mol. The third-order valence-electron chi connectivity index (χ3n) is 5.44. The average Bonchev–Trinajstić information content (AvgIpc) is 2.76. The summed E-state index contributed by atoms with van der Waals surface area (Å²) in [4.78, 5) is 12.7. The van der Waals surface area contributed by atoms with Crippen molar-refractivity contribution in [2.75, 3.05) is 20.8 Å². The molecule has 0 aliphatic carbocycles. The Morgan fingerprint density at radius 2 is 1.41 bits per heavy atom. The van der Waals surface area contributed by atoms with Crippen LogP contribution in [-0.4, -0.2) is 26.7 Å². The van der Waals surface area contributed by atoms with Gasteiger partial charge in [-0.05, 0) is 12.5 Å². The first kappa shape index (κ1) is 23.1. The lowest BCUT2D eigenvalue weighted by atomic mass is 10.0. The maximum absolute atomic E-state index is 12.7. The Morgan fingerprint density at radius 3 is 2.00 bits per heavy atom. The van der Waals surface area contributed by atoms with Crippen LogP contribution < -0.4 is 14.8 Å². The Kier molecular flexibility index (Phi) is 10.4. The van der Waals surface area contributed by atoms with Gasteiger partial charge in [0.15, 0.2) is 0 Å². The molecule has 0 aliphatic rings. The molecule has 0 fully saturated rings. The molecule has 29 heavy (non-hydrogen) atoms. The first-order valence-electron chi connectivity index (χ1n) is 11.1. The summed E-state index contributed by atoms with van der Waals surface area (Å²) in [5.74, 6) is 1.18. The molecule has 2 rings (SSSR count). The van der Waals surface area contributed by atoms with Crippen LogP contribution in [0, 0.1) is 0 Å². The number of fused-ring (bicyclic) bond motifs is 1. The van der Waals surface area contributed by atoms with E-state index in [1.807, 2.05) is 24.3 Å². The number of unbranched alkanes of at least 4 members (excludes halogenated alkanes) is 9. The molecule has 0 aliphatic heterocycles. The van der Waals surface area contributed by atoms with Gasteiger partial charge in [-0.3, -0.25) is 4.79 Å². The predicted octanol–water partition coefficient (Wildman–Crippen LogP) is 6.51. The fourth-order valence-corrected chi connectivity index (χ4v) is 3.78. The van der Waals surface area contributed by atoms with Crippen molar-refractivity contribution in [2.45, 2.75) is 71.1 Å². The van der Waals surface area contributed by atoms with E-state index in [2.05, 4.69) is 12.2 Å². The molecule has 0 saturated carbocycles. The highest BCUT2D eigenvalue weighted by atomic mass is 16.5. The highest BCUT2D eigenvalue weighted by Crippen LogP contribution is 2.36. The van der Waals surface area contributed by atoms with Crippen molar-refractivity contribution in [3.63, 3.8) is 0 Å². The van der Waals surface area contributed by atoms with Crippen LogP contribution in [0.15, 0.2) is 30.3 Å². The number of methoxy groups -OCH3 is 2. The molecular formula is C25H37NO3. The maximum atomic E-state index is 12.7. The second-order valence-corrected chi connectivity index (χ2v) is 7.64. The van der Waals surface area contributed by atoms with E-state index in [-0.39, 0.29) is 5.91 Å². The van der Waals surface area contributed by atoms with Crippen molar-refractivity contribution in [3.05, 3.63) is 35.9 Å². The Bertz CT molecular complexity index is 757. The van der Waals surface area contributed by atoms with E-state index in [4.69, 9.17) is 9.47 Å². The van der Waals surface area contributed by atoms with Crippen LogP contribution in [0.25, 0.3) is 10.8 Å². The van der Waals surface area contributed by atoms with Crippen molar-refractivity contribution < 1.29 is 14.3 Å². The third-order valence-corrected chi connectivity index (χ3v) is 5.44. The van der Waals surface area contributed by atoms with E-state index in [9.17, 15) is 4.79 Å². The zero-order chi connectivity index (χ0) is 20.9. The van der Waals surface area contributed by atoms with Gasteiger partial charge in [-0.15, -0.1) is 0 Å². The Labute approximate surface area is 176 Å². The van der Waals surface area contributed by atoms with Gasteiger partial charge in [0.1, 0.15) is 11.5 Å². The summed E-state index contributed by atoms with van der Waals surface area (Å²) >= 11 is 0. The number of hydrogen-bond donors (Lipinski definition) is 1. The highest BCUT2D eigenvalue weighted by molar-refractivity contribution is 6.06. The van der Waals surface area contributed by atoms with Gasteiger partial charge in [0, 0.05) is 17.3 Å². The molecule has 2 aromatic carbocycles. The summed E-state index contributed by atoms with van der Waals surface area (Å²) < 4.78 is 11.1. The van der Waals surface area contributed by atoms with E-state index in [1.165, 1.54) is 51.4 Å². The van der Waals surface area contributed by atoms with Crippen LogP contribution in [0.5, 0.6) is 11.5 Å². The van der Waals surface area contributed by atoms with Crippen LogP contribution >= 0.6 is 0 Å². The van der Waals surface area contributed by atoms with Crippen molar-refractivity contribution >= 4 is 16.7 Å². The van der Waals surface area contributed by atoms with Gasteiger partial charge in [0.05, 0.1) is 19.8 Å². The molecule has 0 heterocycles. The minimum Gasteiger partial charge on any atom is -0.496 e.